The molecule has 0 bridgehead atoms. The average molecular weight is 535 g/mol. The van der Waals surface area contributed by atoms with E-state index < -0.39 is 18.1 Å². The normalized spacial score (nSPS) is 18.7. The molecule has 0 aromatic heterocycles. The summed E-state index contributed by atoms with van der Waals surface area (Å²) in [6.07, 6.45) is 1.01. The van der Waals surface area contributed by atoms with Crippen molar-refractivity contribution < 1.29 is 24.2 Å². The fourth-order valence-corrected chi connectivity index (χ4v) is 6.16. The van der Waals surface area contributed by atoms with Crippen molar-refractivity contribution in [3.8, 4) is 0 Å². The summed E-state index contributed by atoms with van der Waals surface area (Å²) in [7, 11) is 0. The van der Waals surface area contributed by atoms with Gasteiger partial charge in [-0.1, -0.05) is 72.8 Å². The first-order chi connectivity index (χ1) is 18.5. The number of carbonyl (C=O) groups is 3. The maximum Gasteiger partial charge on any atom is 0.323 e. The van der Waals surface area contributed by atoms with E-state index in [0.29, 0.717) is 25.1 Å². The number of rotatable bonds is 11. The van der Waals surface area contributed by atoms with Crippen LogP contribution in [-0.4, -0.2) is 65.4 Å². The van der Waals surface area contributed by atoms with E-state index in [1.165, 1.54) is 0 Å². The zero-order chi connectivity index (χ0) is 26.9. The standard InChI is InChI=1S/C30H34N2O5S/c1-2-37-30(36)25(16-15-21-9-4-3-5-10-21)31-26-20-38-27(19-32(29(26)35)18-17-28(33)34)24-14-8-12-22-11-6-7-13-23(22)24/h3-14,25-27,31H,2,15-20H2,1H3,(H,33,34). The molecule has 1 heterocycles. The van der Waals surface area contributed by atoms with Crippen molar-refractivity contribution in [2.75, 3.05) is 25.4 Å². The summed E-state index contributed by atoms with van der Waals surface area (Å²) in [5.74, 6) is -1.06. The molecule has 7 nitrogen and oxygen atoms in total. The Hall–Kier alpha value is -3.36. The number of aliphatic carboxylic acids is 1. The molecular weight excluding hydrogens is 500 g/mol. The number of nitrogens with zero attached hydrogens (tertiary/aromatic N) is 1. The van der Waals surface area contributed by atoms with Gasteiger partial charge in [0.2, 0.25) is 5.91 Å². The van der Waals surface area contributed by atoms with Gasteiger partial charge in [-0.05, 0) is 41.7 Å². The van der Waals surface area contributed by atoms with Crippen LogP contribution in [0.5, 0.6) is 0 Å². The van der Waals surface area contributed by atoms with Gasteiger partial charge in [-0.25, -0.2) is 0 Å². The SMILES string of the molecule is CCOC(=O)C(CCc1ccccc1)NC1CSC(c2cccc3ccccc23)CN(CCC(=O)O)C1=O. The maximum absolute atomic E-state index is 13.7. The molecule has 1 fully saturated rings. The van der Waals surface area contributed by atoms with E-state index in [1.54, 1.807) is 23.6 Å². The second kappa shape index (κ2) is 13.4. The summed E-state index contributed by atoms with van der Waals surface area (Å²) in [6, 6.07) is 22.9. The lowest BCUT2D eigenvalue weighted by Gasteiger charge is -2.28. The lowest BCUT2D eigenvalue weighted by Crippen LogP contribution is -2.53. The Bertz CT molecular complexity index is 1250. The van der Waals surface area contributed by atoms with Crippen LogP contribution in [0.25, 0.3) is 10.8 Å². The molecule has 3 aromatic carbocycles. The Kier molecular flexibility index (Phi) is 9.79. The van der Waals surface area contributed by atoms with Gasteiger partial charge >= 0.3 is 11.9 Å². The van der Waals surface area contributed by atoms with E-state index in [0.717, 1.165) is 21.9 Å². The summed E-state index contributed by atoms with van der Waals surface area (Å²) in [5, 5.41) is 14.8. The Morgan fingerprint density at radius 3 is 2.58 bits per heavy atom. The number of benzene rings is 3. The lowest BCUT2D eigenvalue weighted by molar-refractivity contribution is -0.146. The monoisotopic (exact) mass is 534 g/mol. The van der Waals surface area contributed by atoms with Gasteiger partial charge in [0.25, 0.3) is 0 Å². The molecule has 1 saturated heterocycles. The highest BCUT2D eigenvalue weighted by Gasteiger charge is 2.35. The van der Waals surface area contributed by atoms with Crippen molar-refractivity contribution >= 4 is 40.4 Å². The van der Waals surface area contributed by atoms with E-state index in [9.17, 15) is 19.5 Å². The summed E-state index contributed by atoms with van der Waals surface area (Å²) in [5.41, 5.74) is 2.22. The Labute approximate surface area is 227 Å². The number of aryl methyl sites for hydroxylation is 1. The maximum atomic E-state index is 13.7. The molecule has 1 aliphatic rings. The molecule has 0 spiro atoms. The number of hydrogen-bond donors (Lipinski definition) is 2. The van der Waals surface area contributed by atoms with Crippen molar-refractivity contribution in [1.82, 2.24) is 10.2 Å². The molecule has 1 amide bonds. The first-order valence-electron chi connectivity index (χ1n) is 13.0. The van der Waals surface area contributed by atoms with Gasteiger partial charge in [0.15, 0.2) is 0 Å². The Balaban J connectivity index is 1.57. The molecule has 0 radical (unpaired) electrons. The van der Waals surface area contributed by atoms with Crippen molar-refractivity contribution in [2.45, 2.75) is 43.5 Å². The number of hydrogen-bond acceptors (Lipinski definition) is 6. The number of amides is 1. The van der Waals surface area contributed by atoms with Crippen molar-refractivity contribution in [3.63, 3.8) is 0 Å². The Morgan fingerprint density at radius 1 is 1.08 bits per heavy atom. The molecular formula is C30H34N2O5S. The van der Waals surface area contributed by atoms with Gasteiger partial charge in [-0.2, -0.15) is 0 Å². The third kappa shape index (κ3) is 7.14. The van der Waals surface area contributed by atoms with Crippen LogP contribution in [0.15, 0.2) is 72.8 Å². The van der Waals surface area contributed by atoms with Crippen LogP contribution in [0, 0.1) is 0 Å². The van der Waals surface area contributed by atoms with Crippen LogP contribution >= 0.6 is 11.8 Å². The number of esters is 1. The first-order valence-corrected chi connectivity index (χ1v) is 14.1. The minimum atomic E-state index is -0.951. The van der Waals surface area contributed by atoms with Gasteiger partial charge in [-0.3, -0.25) is 19.7 Å². The number of nitrogens with one attached hydrogen (secondary N) is 1. The quantitative estimate of drug-likeness (QED) is 0.351. The molecule has 4 rings (SSSR count). The summed E-state index contributed by atoms with van der Waals surface area (Å²) >= 11 is 1.66. The van der Waals surface area contributed by atoms with Crippen LogP contribution < -0.4 is 5.32 Å². The van der Waals surface area contributed by atoms with E-state index >= 15 is 0 Å². The van der Waals surface area contributed by atoms with Crippen LogP contribution in [0.1, 0.15) is 36.1 Å². The largest absolute Gasteiger partial charge is 0.481 e. The number of ether oxygens (including phenoxy) is 1. The van der Waals surface area contributed by atoms with Crippen molar-refractivity contribution in [2.24, 2.45) is 0 Å². The number of carbonyl (C=O) groups excluding carboxylic acids is 2. The van der Waals surface area contributed by atoms with E-state index in [1.807, 2.05) is 48.5 Å². The molecule has 1 aliphatic heterocycles. The zero-order valence-corrected chi connectivity index (χ0v) is 22.4. The third-order valence-electron chi connectivity index (χ3n) is 6.76. The van der Waals surface area contributed by atoms with E-state index in [-0.39, 0.29) is 36.7 Å². The molecule has 3 unspecified atom stereocenters. The van der Waals surface area contributed by atoms with Gasteiger partial charge in [0.05, 0.1) is 19.1 Å². The highest BCUT2D eigenvalue weighted by atomic mass is 32.2. The van der Waals surface area contributed by atoms with Crippen LogP contribution in [0.4, 0.5) is 0 Å². The Morgan fingerprint density at radius 2 is 1.82 bits per heavy atom. The second-order valence-electron chi connectivity index (χ2n) is 9.37. The van der Waals surface area contributed by atoms with Crippen LogP contribution in [-0.2, 0) is 25.5 Å². The molecule has 38 heavy (non-hydrogen) atoms. The fourth-order valence-electron chi connectivity index (χ4n) is 4.83. The van der Waals surface area contributed by atoms with Crippen LogP contribution in [0.3, 0.4) is 0 Å². The highest BCUT2D eigenvalue weighted by molar-refractivity contribution is 7.99. The smallest absolute Gasteiger partial charge is 0.323 e. The number of carboxylic acids is 1. The summed E-state index contributed by atoms with van der Waals surface area (Å²) in [6.45, 7) is 2.53. The predicted octanol–water partition coefficient (Wildman–Crippen LogP) is 4.45. The fraction of sp³-hybridized carbons (Fsp3) is 0.367. The van der Waals surface area contributed by atoms with E-state index in [4.69, 9.17) is 4.74 Å². The number of thioether (sulfide) groups is 1. The minimum Gasteiger partial charge on any atom is -0.481 e. The molecule has 3 aromatic rings. The molecule has 2 N–H and O–H groups in total. The lowest BCUT2D eigenvalue weighted by atomic mass is 10.0. The molecule has 200 valence electrons. The minimum absolute atomic E-state index is 0.0315. The van der Waals surface area contributed by atoms with Gasteiger partial charge in [-0.15, -0.1) is 11.8 Å². The van der Waals surface area contributed by atoms with E-state index in [2.05, 4.69) is 29.6 Å². The van der Waals surface area contributed by atoms with Crippen molar-refractivity contribution in [1.29, 1.82) is 0 Å². The van der Waals surface area contributed by atoms with Gasteiger partial charge in [0.1, 0.15) is 6.04 Å². The molecule has 8 heteroatoms. The second-order valence-corrected chi connectivity index (χ2v) is 10.6. The predicted molar refractivity (Wildman–Crippen MR) is 150 cm³/mol. The zero-order valence-electron chi connectivity index (χ0n) is 21.5. The third-order valence-corrected chi connectivity index (χ3v) is 8.10. The van der Waals surface area contributed by atoms with Crippen LogP contribution in [0.2, 0.25) is 0 Å². The molecule has 0 saturated carbocycles. The molecule has 3 atom stereocenters. The first kappa shape index (κ1) is 27.7. The highest BCUT2D eigenvalue weighted by Crippen LogP contribution is 2.37. The number of carboxylic acid groups (broad SMARTS) is 1. The average Bonchev–Trinajstić information content (AvgIpc) is 3.08. The van der Waals surface area contributed by atoms with Gasteiger partial charge < -0.3 is 14.7 Å². The summed E-state index contributed by atoms with van der Waals surface area (Å²) in [4.78, 5) is 39.6. The summed E-state index contributed by atoms with van der Waals surface area (Å²) < 4.78 is 5.33. The molecule has 0 aliphatic carbocycles. The van der Waals surface area contributed by atoms with Gasteiger partial charge in [0, 0.05) is 24.1 Å². The number of fused-ring (bicyclic) bond motifs is 1. The topological polar surface area (TPSA) is 95.9 Å². The van der Waals surface area contributed by atoms with Crippen molar-refractivity contribution in [3.05, 3.63) is 83.9 Å².